The molecule has 0 spiro atoms. The number of rotatable bonds is 10. The van der Waals surface area contributed by atoms with Gasteiger partial charge in [0.15, 0.2) is 41.2 Å². The summed E-state index contributed by atoms with van der Waals surface area (Å²) in [4.78, 5) is 13.8. The zero-order valence-corrected chi connectivity index (χ0v) is 28.7. The van der Waals surface area contributed by atoms with Crippen LogP contribution in [-0.4, -0.2) is 133 Å². The van der Waals surface area contributed by atoms with Crippen molar-refractivity contribution < 1.29 is 88.6 Å². The van der Waals surface area contributed by atoms with E-state index < -0.39 is 113 Å². The Hall–Kier alpha value is -5.25. The van der Waals surface area contributed by atoms with Gasteiger partial charge in [-0.1, -0.05) is 0 Å². The van der Waals surface area contributed by atoms with Crippen LogP contribution in [0.2, 0.25) is 0 Å². The van der Waals surface area contributed by atoms with E-state index in [-0.39, 0.29) is 34.1 Å². The van der Waals surface area contributed by atoms with E-state index >= 15 is 0 Å². The molecule has 2 aliphatic heterocycles. The van der Waals surface area contributed by atoms with E-state index in [9.17, 15) is 55.9 Å². The second-order valence-corrected chi connectivity index (χ2v) is 12.5. The van der Waals surface area contributed by atoms with Crippen molar-refractivity contribution in [1.29, 1.82) is 0 Å². The number of hydrogen-bond donors (Lipinski definition) is 10. The van der Waals surface area contributed by atoms with Crippen LogP contribution in [0.5, 0.6) is 51.7 Å². The van der Waals surface area contributed by atoms with Gasteiger partial charge in [-0.25, -0.2) is 0 Å². The molecule has 0 saturated carbocycles. The van der Waals surface area contributed by atoms with Crippen LogP contribution in [0.3, 0.4) is 0 Å². The predicted molar refractivity (Wildman–Crippen MR) is 180 cm³/mol. The molecule has 3 heterocycles. The lowest BCUT2D eigenvalue weighted by Gasteiger charge is -2.43. The summed E-state index contributed by atoms with van der Waals surface area (Å²) in [5, 5.41) is 105. The molecule has 3 aromatic carbocycles. The van der Waals surface area contributed by atoms with E-state index in [4.69, 9.17) is 37.6 Å². The smallest absolute Gasteiger partial charge is 0.239 e. The zero-order valence-electron chi connectivity index (χ0n) is 28.7. The number of methoxy groups -OCH3 is 2. The lowest BCUT2D eigenvalue weighted by atomic mass is 9.98. The third-order valence-electron chi connectivity index (χ3n) is 8.99. The molecule has 0 unspecified atom stereocenters. The summed E-state index contributed by atoms with van der Waals surface area (Å²) < 4.78 is 44.8. The lowest BCUT2D eigenvalue weighted by Crippen LogP contribution is -2.62. The van der Waals surface area contributed by atoms with E-state index in [1.54, 1.807) is 0 Å². The number of aliphatic hydroxyl groups is 5. The Morgan fingerprint density at radius 2 is 1.39 bits per heavy atom. The van der Waals surface area contributed by atoms with Gasteiger partial charge in [0.05, 0.1) is 26.9 Å². The van der Waals surface area contributed by atoms with Crippen molar-refractivity contribution in [3.63, 3.8) is 0 Å². The van der Waals surface area contributed by atoms with E-state index in [0.29, 0.717) is 0 Å². The molecule has 0 radical (unpaired) electrons. The van der Waals surface area contributed by atoms with Gasteiger partial charge in [0.2, 0.25) is 23.2 Å². The first-order valence-corrected chi connectivity index (χ1v) is 16.3. The number of fused-ring (bicyclic) bond motifs is 1. The van der Waals surface area contributed by atoms with Crippen molar-refractivity contribution in [3.05, 3.63) is 52.7 Å². The van der Waals surface area contributed by atoms with E-state index in [1.165, 1.54) is 39.3 Å². The highest BCUT2D eigenvalue weighted by Gasteiger charge is 2.49. The van der Waals surface area contributed by atoms with E-state index in [1.807, 2.05) is 0 Å². The van der Waals surface area contributed by atoms with Crippen LogP contribution in [0.15, 0.2) is 51.7 Å². The Balaban J connectivity index is 1.25. The first-order valence-electron chi connectivity index (χ1n) is 16.3. The van der Waals surface area contributed by atoms with Crippen LogP contribution in [-0.2, 0) is 14.2 Å². The van der Waals surface area contributed by atoms with Gasteiger partial charge in [-0.15, -0.1) is 0 Å². The highest BCUT2D eigenvalue weighted by atomic mass is 16.7. The quantitative estimate of drug-likeness (QED) is 0.0960. The molecule has 54 heavy (non-hydrogen) atoms. The van der Waals surface area contributed by atoms with Crippen LogP contribution >= 0.6 is 0 Å². The standard InChI is InChI=1S/C35H38O19/c1-12-24(40)32(51-15-9-20(47-2)25(41)21(10-15)48-3)30(46)34(50-12)49-11-22-26(42)28(44)29(45)35(53-22)54-33-27(43)23-18(39)7-14(36)8-19(23)52-31(33)13-4-5-16(37)17(38)6-13/h4-10,12,22,24,26,28-30,32,34-42,44-46H,11H2,1-3H3/t12-,22+,24-,26-,28-,29+,30+,32+,34+,35-/m0/s1. The van der Waals surface area contributed by atoms with Gasteiger partial charge in [0, 0.05) is 29.8 Å². The van der Waals surface area contributed by atoms with E-state index in [0.717, 1.165) is 24.3 Å². The number of phenolic OH excluding ortho intramolecular Hbond substituents is 5. The maximum absolute atomic E-state index is 13.8. The Kier molecular flexibility index (Phi) is 10.9. The first kappa shape index (κ1) is 38.5. The van der Waals surface area contributed by atoms with Gasteiger partial charge in [-0.3, -0.25) is 4.79 Å². The molecule has 2 aliphatic rings. The number of ether oxygens (including phenoxy) is 7. The van der Waals surface area contributed by atoms with Crippen molar-refractivity contribution in [2.45, 2.75) is 68.3 Å². The molecule has 0 aliphatic carbocycles. The molecule has 2 saturated heterocycles. The molecule has 10 N–H and O–H groups in total. The summed E-state index contributed by atoms with van der Waals surface area (Å²) in [5.41, 5.74) is -1.40. The Morgan fingerprint density at radius 3 is 2.04 bits per heavy atom. The maximum Gasteiger partial charge on any atom is 0.239 e. The van der Waals surface area contributed by atoms with Crippen molar-refractivity contribution in [1.82, 2.24) is 0 Å². The normalized spacial score (nSPS) is 28.4. The Morgan fingerprint density at radius 1 is 0.704 bits per heavy atom. The molecule has 2 fully saturated rings. The summed E-state index contributed by atoms with van der Waals surface area (Å²) in [6.07, 6.45) is -16.3. The molecule has 292 valence electrons. The highest BCUT2D eigenvalue weighted by molar-refractivity contribution is 5.88. The summed E-state index contributed by atoms with van der Waals surface area (Å²) in [6, 6.07) is 7.81. The molecule has 0 amide bonds. The van der Waals surface area contributed by atoms with Gasteiger partial charge in [0.1, 0.15) is 64.8 Å². The molecule has 19 heteroatoms. The fourth-order valence-electron chi connectivity index (χ4n) is 6.06. The van der Waals surface area contributed by atoms with Crippen LogP contribution in [0, 0.1) is 0 Å². The largest absolute Gasteiger partial charge is 0.508 e. The minimum absolute atomic E-state index is 0.0203. The van der Waals surface area contributed by atoms with Crippen LogP contribution in [0.1, 0.15) is 6.92 Å². The molecule has 19 nitrogen and oxygen atoms in total. The molecule has 10 atom stereocenters. The van der Waals surface area contributed by atoms with Crippen molar-refractivity contribution in [2.75, 3.05) is 20.8 Å². The van der Waals surface area contributed by atoms with Crippen LogP contribution < -0.4 is 24.4 Å². The van der Waals surface area contributed by atoms with Crippen molar-refractivity contribution in [2.24, 2.45) is 0 Å². The van der Waals surface area contributed by atoms with Crippen LogP contribution in [0.25, 0.3) is 22.3 Å². The fourth-order valence-corrected chi connectivity index (χ4v) is 6.06. The minimum Gasteiger partial charge on any atom is -0.508 e. The van der Waals surface area contributed by atoms with Crippen molar-refractivity contribution in [3.8, 4) is 63.1 Å². The maximum atomic E-state index is 13.8. The van der Waals surface area contributed by atoms with Gasteiger partial charge in [-0.2, -0.15) is 0 Å². The number of phenols is 5. The SMILES string of the molecule is COc1cc(O[C@@H]2[C@@H](O)[C@H](C)O[C@@H](OC[C@H]3O[C@@H](Oc4c(-c5ccc(O)c(O)c5)oc5cc(O)cc(O)c5c4=O)[C@H](O)[C@@H](O)[C@H]3O)[C@@H]2O)cc(OC)c1O. The predicted octanol–water partition coefficient (Wildman–Crippen LogP) is 0.122. The van der Waals surface area contributed by atoms with Crippen LogP contribution in [0.4, 0.5) is 0 Å². The molecular weight excluding hydrogens is 724 g/mol. The van der Waals surface area contributed by atoms with E-state index in [2.05, 4.69) is 0 Å². The van der Waals surface area contributed by atoms with Gasteiger partial charge >= 0.3 is 0 Å². The minimum atomic E-state index is -2.01. The summed E-state index contributed by atoms with van der Waals surface area (Å²) in [5.74, 6) is -3.74. The molecule has 4 aromatic rings. The average molecular weight is 763 g/mol. The summed E-state index contributed by atoms with van der Waals surface area (Å²) in [6.45, 7) is 0.824. The number of aliphatic hydroxyl groups excluding tert-OH is 5. The number of benzene rings is 3. The molecular formula is C35H38O19. The lowest BCUT2D eigenvalue weighted by molar-refractivity contribution is -0.316. The molecule has 6 rings (SSSR count). The third kappa shape index (κ3) is 7.18. The topological polar surface area (TPSA) is 297 Å². The molecule has 1 aromatic heterocycles. The Bertz CT molecular complexity index is 2020. The average Bonchev–Trinajstić information content (AvgIpc) is 3.13. The van der Waals surface area contributed by atoms with Crippen molar-refractivity contribution >= 4 is 11.0 Å². The van der Waals surface area contributed by atoms with Gasteiger partial charge < -0.3 is 88.6 Å². The number of hydrogen-bond acceptors (Lipinski definition) is 19. The highest BCUT2D eigenvalue weighted by Crippen LogP contribution is 2.42. The second-order valence-electron chi connectivity index (χ2n) is 12.5. The monoisotopic (exact) mass is 762 g/mol. The first-order chi connectivity index (χ1) is 25.6. The fraction of sp³-hybridized carbons (Fsp3) is 0.400. The summed E-state index contributed by atoms with van der Waals surface area (Å²) in [7, 11) is 2.59. The Labute approximate surface area is 304 Å². The summed E-state index contributed by atoms with van der Waals surface area (Å²) >= 11 is 0. The van der Waals surface area contributed by atoms with Gasteiger partial charge in [0.25, 0.3) is 0 Å². The molecule has 0 bridgehead atoms. The zero-order chi connectivity index (χ0) is 39.2. The second kappa shape index (κ2) is 15.2. The third-order valence-corrected chi connectivity index (χ3v) is 8.99. The van der Waals surface area contributed by atoms with Gasteiger partial charge in [-0.05, 0) is 25.1 Å². The number of aromatic hydroxyl groups is 5.